The van der Waals surface area contributed by atoms with E-state index < -0.39 is 5.54 Å². The molecule has 2 N–H and O–H groups in total. The number of piperazine rings is 1. The van der Waals surface area contributed by atoms with E-state index in [1.165, 1.54) is 12.1 Å². The zero-order chi connectivity index (χ0) is 11.6. The summed E-state index contributed by atoms with van der Waals surface area (Å²) in [7, 11) is 0. The lowest BCUT2D eigenvalue weighted by molar-refractivity contribution is -0.129. The molecule has 16 heavy (non-hydrogen) atoms. The molecule has 0 radical (unpaired) electrons. The Balaban J connectivity index is 2.40. The van der Waals surface area contributed by atoms with E-state index in [1.807, 2.05) is 6.92 Å². The number of halogens is 1. The van der Waals surface area contributed by atoms with Crippen LogP contribution in [0.3, 0.4) is 0 Å². The van der Waals surface area contributed by atoms with Gasteiger partial charge in [-0.2, -0.15) is 0 Å². The third-order valence-electron chi connectivity index (χ3n) is 3.09. The van der Waals surface area contributed by atoms with Crippen LogP contribution in [0.1, 0.15) is 18.9 Å². The Morgan fingerprint density at radius 3 is 2.56 bits per heavy atom. The predicted molar refractivity (Wildman–Crippen MR) is 59.4 cm³/mol. The molecule has 0 aromatic heterocycles. The molecule has 1 aromatic carbocycles. The van der Waals surface area contributed by atoms with Crippen molar-refractivity contribution in [2.24, 2.45) is 0 Å². The zero-order valence-electron chi connectivity index (χ0n) is 9.22. The zero-order valence-corrected chi connectivity index (χ0v) is 9.22. The number of carbonyl (C=O) groups is 1. The Kier molecular flexibility index (Phi) is 2.92. The Labute approximate surface area is 94.0 Å². The molecule has 1 amide bonds. The molecule has 1 fully saturated rings. The van der Waals surface area contributed by atoms with E-state index in [1.54, 1.807) is 12.1 Å². The third kappa shape index (κ3) is 1.69. The first-order valence-electron chi connectivity index (χ1n) is 5.48. The summed E-state index contributed by atoms with van der Waals surface area (Å²) in [6.45, 7) is 3.32. The highest BCUT2D eigenvalue weighted by Gasteiger charge is 2.39. The van der Waals surface area contributed by atoms with E-state index in [0.717, 1.165) is 12.1 Å². The quantitative estimate of drug-likeness (QED) is 0.788. The summed E-state index contributed by atoms with van der Waals surface area (Å²) in [6.07, 6.45) is 0.643. The number of rotatable bonds is 2. The normalized spacial score (nSPS) is 25.2. The van der Waals surface area contributed by atoms with Crippen molar-refractivity contribution in [3.8, 4) is 0 Å². The average molecular weight is 222 g/mol. The molecule has 0 spiro atoms. The van der Waals surface area contributed by atoms with Gasteiger partial charge in [0.1, 0.15) is 11.4 Å². The second-order valence-electron chi connectivity index (χ2n) is 3.95. The third-order valence-corrected chi connectivity index (χ3v) is 3.09. The Morgan fingerprint density at radius 1 is 1.31 bits per heavy atom. The van der Waals surface area contributed by atoms with Crippen molar-refractivity contribution in [1.29, 1.82) is 0 Å². The van der Waals surface area contributed by atoms with Gasteiger partial charge in [0.25, 0.3) is 0 Å². The fourth-order valence-electron chi connectivity index (χ4n) is 2.14. The molecule has 86 valence electrons. The lowest BCUT2D eigenvalue weighted by Crippen LogP contribution is -2.60. The van der Waals surface area contributed by atoms with Gasteiger partial charge in [-0.1, -0.05) is 19.1 Å². The number of amides is 1. The van der Waals surface area contributed by atoms with Gasteiger partial charge in [0.05, 0.1) is 0 Å². The van der Waals surface area contributed by atoms with Crippen LogP contribution in [0, 0.1) is 5.82 Å². The van der Waals surface area contributed by atoms with Crippen molar-refractivity contribution in [3.05, 3.63) is 35.6 Å². The minimum atomic E-state index is -0.702. The molecule has 1 aromatic rings. The maximum atomic E-state index is 12.9. The van der Waals surface area contributed by atoms with Gasteiger partial charge in [0.15, 0.2) is 0 Å². The van der Waals surface area contributed by atoms with Gasteiger partial charge >= 0.3 is 0 Å². The van der Waals surface area contributed by atoms with Gasteiger partial charge in [0, 0.05) is 13.1 Å². The summed E-state index contributed by atoms with van der Waals surface area (Å²) >= 11 is 0. The average Bonchev–Trinajstić information content (AvgIpc) is 2.31. The van der Waals surface area contributed by atoms with E-state index in [-0.39, 0.29) is 11.7 Å². The molecule has 0 saturated carbocycles. The van der Waals surface area contributed by atoms with Gasteiger partial charge in [-0.25, -0.2) is 4.39 Å². The highest BCUT2D eigenvalue weighted by molar-refractivity contribution is 5.88. The van der Waals surface area contributed by atoms with Gasteiger partial charge in [-0.15, -0.1) is 0 Å². The maximum Gasteiger partial charge on any atom is 0.244 e. The van der Waals surface area contributed by atoms with Gasteiger partial charge in [0.2, 0.25) is 5.91 Å². The molecule has 1 aliphatic rings. The highest BCUT2D eigenvalue weighted by Crippen LogP contribution is 2.26. The topological polar surface area (TPSA) is 41.1 Å². The lowest BCUT2D eigenvalue weighted by atomic mass is 9.85. The molecule has 4 heteroatoms. The molecular weight excluding hydrogens is 207 g/mol. The summed E-state index contributed by atoms with van der Waals surface area (Å²) in [5.41, 5.74) is 0.111. The van der Waals surface area contributed by atoms with E-state index in [9.17, 15) is 9.18 Å². The SMILES string of the molecule is CCC1(c2ccc(F)cc2)NCCNC1=O. The molecule has 0 aliphatic carbocycles. The first-order valence-corrected chi connectivity index (χ1v) is 5.48. The number of nitrogens with one attached hydrogen (secondary N) is 2. The number of hydrogen-bond acceptors (Lipinski definition) is 2. The van der Waals surface area contributed by atoms with Crippen LogP contribution in [0.4, 0.5) is 4.39 Å². The monoisotopic (exact) mass is 222 g/mol. The first kappa shape index (κ1) is 11.1. The van der Waals surface area contributed by atoms with Crippen molar-refractivity contribution in [2.75, 3.05) is 13.1 Å². The van der Waals surface area contributed by atoms with Crippen LogP contribution < -0.4 is 10.6 Å². The Hall–Kier alpha value is -1.42. The van der Waals surface area contributed by atoms with Crippen molar-refractivity contribution >= 4 is 5.91 Å². The van der Waals surface area contributed by atoms with Crippen LogP contribution in [-0.2, 0) is 10.3 Å². The molecule has 0 bridgehead atoms. The molecule has 1 heterocycles. The molecule has 3 nitrogen and oxygen atoms in total. The Morgan fingerprint density at radius 2 is 2.00 bits per heavy atom. The van der Waals surface area contributed by atoms with Gasteiger partial charge in [-0.3, -0.25) is 10.1 Å². The minimum absolute atomic E-state index is 0.0344. The largest absolute Gasteiger partial charge is 0.353 e. The summed E-state index contributed by atoms with van der Waals surface area (Å²) in [5, 5.41) is 6.08. The van der Waals surface area contributed by atoms with Gasteiger partial charge in [-0.05, 0) is 24.1 Å². The van der Waals surface area contributed by atoms with E-state index in [4.69, 9.17) is 0 Å². The minimum Gasteiger partial charge on any atom is -0.353 e. The van der Waals surface area contributed by atoms with Crippen LogP contribution in [0.25, 0.3) is 0 Å². The fraction of sp³-hybridized carbons (Fsp3) is 0.417. The van der Waals surface area contributed by atoms with Crippen LogP contribution in [0.15, 0.2) is 24.3 Å². The lowest BCUT2D eigenvalue weighted by Gasteiger charge is -2.36. The van der Waals surface area contributed by atoms with Crippen LogP contribution >= 0.6 is 0 Å². The van der Waals surface area contributed by atoms with Crippen molar-refractivity contribution in [2.45, 2.75) is 18.9 Å². The maximum absolute atomic E-state index is 12.9. The number of benzene rings is 1. The first-order chi connectivity index (χ1) is 7.69. The van der Waals surface area contributed by atoms with Crippen LogP contribution in [0.5, 0.6) is 0 Å². The second-order valence-corrected chi connectivity index (χ2v) is 3.95. The molecule has 1 atom stereocenters. The summed E-state index contributed by atoms with van der Waals surface area (Å²) < 4.78 is 12.9. The predicted octanol–water partition coefficient (Wildman–Crippen LogP) is 1.15. The molecule has 1 unspecified atom stereocenters. The molecule has 1 aliphatic heterocycles. The molecule has 1 saturated heterocycles. The van der Waals surface area contributed by atoms with Crippen LogP contribution in [0.2, 0.25) is 0 Å². The summed E-state index contributed by atoms with van der Waals surface area (Å²) in [6, 6.07) is 6.10. The summed E-state index contributed by atoms with van der Waals surface area (Å²) in [4.78, 5) is 12.0. The van der Waals surface area contributed by atoms with E-state index >= 15 is 0 Å². The van der Waals surface area contributed by atoms with Gasteiger partial charge < -0.3 is 5.32 Å². The smallest absolute Gasteiger partial charge is 0.244 e. The molecular formula is C12H15FN2O. The fourth-order valence-corrected chi connectivity index (χ4v) is 2.14. The molecule has 2 rings (SSSR count). The van der Waals surface area contributed by atoms with Crippen LogP contribution in [-0.4, -0.2) is 19.0 Å². The van der Waals surface area contributed by atoms with Crippen molar-refractivity contribution in [3.63, 3.8) is 0 Å². The van der Waals surface area contributed by atoms with E-state index in [2.05, 4.69) is 10.6 Å². The standard InChI is InChI=1S/C12H15FN2O/c1-2-12(11(16)14-7-8-15-12)9-3-5-10(13)6-4-9/h3-6,15H,2,7-8H2,1H3,(H,14,16). The summed E-state index contributed by atoms with van der Waals surface area (Å²) in [5.74, 6) is -0.320. The second kappa shape index (κ2) is 4.22. The Bertz CT molecular complexity index is 391. The van der Waals surface area contributed by atoms with Crippen molar-refractivity contribution < 1.29 is 9.18 Å². The number of carbonyl (C=O) groups excluding carboxylic acids is 1. The number of hydrogen-bond donors (Lipinski definition) is 2. The van der Waals surface area contributed by atoms with Crippen molar-refractivity contribution in [1.82, 2.24) is 10.6 Å². The van der Waals surface area contributed by atoms with E-state index in [0.29, 0.717) is 13.0 Å². The highest BCUT2D eigenvalue weighted by atomic mass is 19.1.